The van der Waals surface area contributed by atoms with Crippen LogP contribution >= 0.6 is 0 Å². The molecule has 2 aromatic rings. The molecule has 0 N–H and O–H groups in total. The summed E-state index contributed by atoms with van der Waals surface area (Å²) in [6, 6.07) is 18.7. The van der Waals surface area contributed by atoms with Crippen LogP contribution in [0.4, 0.5) is 4.79 Å². The van der Waals surface area contributed by atoms with Crippen molar-refractivity contribution in [3.8, 4) is 0 Å². The molecule has 1 amide bonds. The number of hydrogen-bond donors (Lipinski definition) is 0. The van der Waals surface area contributed by atoms with E-state index in [1.807, 2.05) is 18.2 Å². The maximum Gasteiger partial charge on any atom is 0.410 e. The largest absolute Gasteiger partial charge is 0.441 e. The molecule has 1 fully saturated rings. The highest BCUT2D eigenvalue weighted by Gasteiger charge is 2.19. The Morgan fingerprint density at radius 3 is 2.07 bits per heavy atom. The molecule has 0 spiro atoms. The molecule has 0 bridgehead atoms. The summed E-state index contributed by atoms with van der Waals surface area (Å²) in [5, 5.41) is 0. The normalized spacial score (nSPS) is 13.9. The molecule has 0 aliphatic carbocycles. The molecule has 0 atom stereocenters. The zero-order chi connectivity index (χ0) is 20.3. The summed E-state index contributed by atoms with van der Waals surface area (Å²) in [6.45, 7) is 1.88. The lowest BCUT2D eigenvalue weighted by Gasteiger charge is -2.25. The SMILES string of the molecule is O=C(COC(=O)N1CCOCC1)Cc1ccc(CCCCc2ccccc2)cc1. The van der Waals surface area contributed by atoms with Gasteiger partial charge in [0.05, 0.1) is 13.2 Å². The lowest BCUT2D eigenvalue weighted by molar-refractivity contribution is -0.121. The van der Waals surface area contributed by atoms with Crippen LogP contribution in [0, 0.1) is 0 Å². The minimum absolute atomic E-state index is 0.0952. The van der Waals surface area contributed by atoms with Crippen LogP contribution in [0.25, 0.3) is 0 Å². The summed E-state index contributed by atoms with van der Waals surface area (Å²) < 4.78 is 10.3. The van der Waals surface area contributed by atoms with Gasteiger partial charge in [-0.1, -0.05) is 54.6 Å². The predicted octanol–water partition coefficient (Wildman–Crippen LogP) is 3.83. The van der Waals surface area contributed by atoms with Crippen LogP contribution < -0.4 is 0 Å². The molecule has 3 rings (SSSR count). The predicted molar refractivity (Wildman–Crippen MR) is 112 cm³/mol. The Hall–Kier alpha value is -2.66. The first-order chi connectivity index (χ1) is 14.2. The number of rotatable bonds is 9. The number of amides is 1. The van der Waals surface area contributed by atoms with Gasteiger partial charge in [0.2, 0.25) is 0 Å². The van der Waals surface area contributed by atoms with Crippen molar-refractivity contribution in [2.24, 2.45) is 0 Å². The lowest BCUT2D eigenvalue weighted by Crippen LogP contribution is -2.41. The average molecular weight is 395 g/mol. The van der Waals surface area contributed by atoms with E-state index in [-0.39, 0.29) is 18.8 Å². The number of ether oxygens (including phenoxy) is 2. The van der Waals surface area contributed by atoms with Gasteiger partial charge in [-0.05, 0) is 42.4 Å². The Balaban J connectivity index is 1.33. The second-order valence-electron chi connectivity index (χ2n) is 7.38. The van der Waals surface area contributed by atoms with Crippen LogP contribution in [0.15, 0.2) is 54.6 Å². The molecule has 2 aromatic carbocycles. The summed E-state index contributed by atoms with van der Waals surface area (Å²) in [6.07, 6.45) is 4.30. The molecule has 1 aliphatic heterocycles. The molecule has 154 valence electrons. The van der Waals surface area contributed by atoms with E-state index >= 15 is 0 Å². The maximum atomic E-state index is 12.1. The molecule has 5 heteroatoms. The topological polar surface area (TPSA) is 55.8 Å². The number of aryl methyl sites for hydroxylation is 2. The van der Waals surface area contributed by atoms with Gasteiger partial charge in [0.1, 0.15) is 0 Å². The van der Waals surface area contributed by atoms with Gasteiger partial charge in [-0.3, -0.25) is 4.79 Å². The molecule has 1 saturated heterocycles. The Labute approximate surface area is 172 Å². The molecule has 5 nitrogen and oxygen atoms in total. The molecule has 0 unspecified atom stereocenters. The number of unbranched alkanes of at least 4 members (excludes halogenated alkanes) is 1. The maximum absolute atomic E-state index is 12.1. The third-order valence-electron chi connectivity index (χ3n) is 5.07. The van der Waals surface area contributed by atoms with Gasteiger partial charge in [0.25, 0.3) is 0 Å². The van der Waals surface area contributed by atoms with Crippen molar-refractivity contribution >= 4 is 11.9 Å². The molecule has 0 radical (unpaired) electrons. The van der Waals surface area contributed by atoms with Gasteiger partial charge in [0.15, 0.2) is 12.4 Å². The third kappa shape index (κ3) is 7.35. The number of benzene rings is 2. The Morgan fingerprint density at radius 1 is 0.828 bits per heavy atom. The van der Waals surface area contributed by atoms with Crippen molar-refractivity contribution in [3.63, 3.8) is 0 Å². The van der Waals surface area contributed by atoms with E-state index in [0.29, 0.717) is 26.3 Å². The fourth-order valence-electron chi connectivity index (χ4n) is 3.38. The fourth-order valence-corrected chi connectivity index (χ4v) is 3.38. The number of carbonyl (C=O) groups is 2. The van der Waals surface area contributed by atoms with Gasteiger partial charge in [0, 0.05) is 19.5 Å². The van der Waals surface area contributed by atoms with Gasteiger partial charge >= 0.3 is 6.09 Å². The van der Waals surface area contributed by atoms with Crippen LogP contribution in [0.2, 0.25) is 0 Å². The number of carbonyl (C=O) groups excluding carboxylic acids is 2. The van der Waals surface area contributed by atoms with E-state index in [0.717, 1.165) is 24.8 Å². The lowest BCUT2D eigenvalue weighted by atomic mass is 10.0. The van der Waals surface area contributed by atoms with E-state index in [1.54, 1.807) is 4.90 Å². The Bertz CT molecular complexity index is 767. The van der Waals surface area contributed by atoms with E-state index in [2.05, 4.69) is 36.4 Å². The van der Waals surface area contributed by atoms with Crippen LogP contribution in [-0.4, -0.2) is 49.7 Å². The molecule has 1 heterocycles. The van der Waals surface area contributed by atoms with E-state index in [9.17, 15) is 9.59 Å². The van der Waals surface area contributed by atoms with Crippen molar-refractivity contribution in [2.45, 2.75) is 32.1 Å². The molecule has 0 saturated carbocycles. The van der Waals surface area contributed by atoms with E-state index < -0.39 is 6.09 Å². The molecular weight excluding hydrogens is 366 g/mol. The summed E-state index contributed by atoms with van der Waals surface area (Å²) in [4.78, 5) is 25.6. The first-order valence-corrected chi connectivity index (χ1v) is 10.3. The molecule has 0 aromatic heterocycles. The van der Waals surface area contributed by atoms with Crippen molar-refractivity contribution in [1.29, 1.82) is 0 Å². The second-order valence-corrected chi connectivity index (χ2v) is 7.38. The van der Waals surface area contributed by atoms with E-state index in [4.69, 9.17) is 9.47 Å². The molecule has 29 heavy (non-hydrogen) atoms. The van der Waals surface area contributed by atoms with Gasteiger partial charge in [-0.15, -0.1) is 0 Å². The number of hydrogen-bond acceptors (Lipinski definition) is 4. The number of nitrogens with zero attached hydrogens (tertiary/aromatic N) is 1. The Kier molecular flexibility index (Phi) is 8.25. The summed E-state index contributed by atoms with van der Waals surface area (Å²) in [5.41, 5.74) is 3.62. The van der Waals surface area contributed by atoms with Crippen molar-refractivity contribution in [2.75, 3.05) is 32.9 Å². The summed E-state index contributed by atoms with van der Waals surface area (Å²) in [5.74, 6) is -0.0952. The molecular formula is C24H29NO4. The third-order valence-corrected chi connectivity index (χ3v) is 5.07. The zero-order valence-electron chi connectivity index (χ0n) is 16.8. The van der Waals surface area contributed by atoms with Crippen molar-refractivity contribution < 1.29 is 19.1 Å². The number of ketones is 1. The van der Waals surface area contributed by atoms with Gasteiger partial charge in [-0.25, -0.2) is 4.79 Å². The van der Waals surface area contributed by atoms with Crippen molar-refractivity contribution in [3.05, 3.63) is 71.3 Å². The van der Waals surface area contributed by atoms with E-state index in [1.165, 1.54) is 17.5 Å². The zero-order valence-corrected chi connectivity index (χ0v) is 16.8. The smallest absolute Gasteiger partial charge is 0.410 e. The van der Waals surface area contributed by atoms with Gasteiger partial charge in [-0.2, -0.15) is 0 Å². The number of morpholine rings is 1. The minimum atomic E-state index is -0.437. The minimum Gasteiger partial charge on any atom is -0.441 e. The van der Waals surface area contributed by atoms with Crippen LogP contribution in [0.1, 0.15) is 29.5 Å². The fraction of sp³-hybridized carbons (Fsp3) is 0.417. The van der Waals surface area contributed by atoms with Gasteiger partial charge < -0.3 is 14.4 Å². The second kappa shape index (κ2) is 11.4. The highest BCUT2D eigenvalue weighted by molar-refractivity contribution is 5.84. The first kappa shape index (κ1) is 21.1. The number of Topliss-reactive ketones (excluding diaryl/α,β-unsaturated/α-hetero) is 1. The summed E-state index contributed by atoms with van der Waals surface area (Å²) in [7, 11) is 0. The quantitative estimate of drug-likeness (QED) is 0.606. The van der Waals surface area contributed by atoms with Crippen molar-refractivity contribution in [1.82, 2.24) is 4.90 Å². The highest BCUT2D eigenvalue weighted by atomic mass is 16.6. The standard InChI is InChI=1S/C24H29NO4/c26-23(19-29-24(27)25-14-16-28-17-15-25)18-22-12-10-21(11-13-22)9-5-4-8-20-6-2-1-3-7-20/h1-3,6-7,10-13H,4-5,8-9,14-19H2. The highest BCUT2D eigenvalue weighted by Crippen LogP contribution is 2.11. The molecule has 1 aliphatic rings. The van der Waals surface area contributed by atoms with Crippen LogP contribution in [-0.2, 0) is 33.5 Å². The Morgan fingerprint density at radius 2 is 1.41 bits per heavy atom. The summed E-state index contributed by atoms with van der Waals surface area (Å²) >= 11 is 0. The monoisotopic (exact) mass is 395 g/mol. The average Bonchev–Trinajstić information content (AvgIpc) is 2.77. The van der Waals surface area contributed by atoms with Crippen LogP contribution in [0.3, 0.4) is 0 Å². The first-order valence-electron chi connectivity index (χ1n) is 10.3. The van der Waals surface area contributed by atoms with Crippen LogP contribution in [0.5, 0.6) is 0 Å².